The smallest absolute Gasteiger partial charge is 0.326 e. The normalized spacial score (nSPS) is 16.2. The van der Waals surface area contributed by atoms with Gasteiger partial charge < -0.3 is 15.2 Å². The number of rotatable bonds is 12. The van der Waals surface area contributed by atoms with Crippen LogP contribution in [0, 0.1) is 12.8 Å². The molecule has 0 bridgehead atoms. The second kappa shape index (κ2) is 13.5. The maximum atomic E-state index is 13.2. The molecule has 2 atom stereocenters. The van der Waals surface area contributed by atoms with Crippen LogP contribution in [-0.4, -0.2) is 41.6 Å². The summed E-state index contributed by atoms with van der Waals surface area (Å²) in [6.45, 7) is 9.22. The van der Waals surface area contributed by atoms with Gasteiger partial charge in [-0.1, -0.05) is 48.6 Å². The zero-order valence-electron chi connectivity index (χ0n) is 21.5. The monoisotopic (exact) mass is 507 g/mol. The molecule has 0 spiro atoms. The molecule has 1 aliphatic carbocycles. The van der Waals surface area contributed by atoms with Crippen LogP contribution < -0.4 is 5.32 Å². The molecule has 0 saturated heterocycles. The summed E-state index contributed by atoms with van der Waals surface area (Å²) in [6.07, 6.45) is 7.76. The molecule has 0 heterocycles. The van der Waals surface area contributed by atoms with E-state index >= 15 is 0 Å². The molecule has 0 aromatic heterocycles. The molecule has 36 heavy (non-hydrogen) atoms. The Kier molecular flexibility index (Phi) is 10.4. The number of carbonyl (C=O) groups is 2. The average molecular weight is 508 g/mol. The van der Waals surface area contributed by atoms with Crippen LogP contribution in [0.15, 0.2) is 66.3 Å². The van der Waals surface area contributed by atoms with Crippen molar-refractivity contribution < 1.29 is 19.4 Å². The highest BCUT2D eigenvalue weighted by Gasteiger charge is 2.23. The molecule has 192 valence electrons. The maximum absolute atomic E-state index is 13.2. The van der Waals surface area contributed by atoms with Crippen molar-refractivity contribution in [2.24, 2.45) is 5.92 Å². The summed E-state index contributed by atoms with van der Waals surface area (Å²) < 4.78 is 6.05. The summed E-state index contributed by atoms with van der Waals surface area (Å²) >= 11 is 1.56. The molecular weight excluding hydrogens is 470 g/mol. The van der Waals surface area contributed by atoms with Crippen LogP contribution in [0.4, 0.5) is 0 Å². The minimum atomic E-state index is -1.02. The van der Waals surface area contributed by atoms with E-state index in [0.29, 0.717) is 36.9 Å². The van der Waals surface area contributed by atoms with Crippen LogP contribution >= 0.6 is 11.8 Å². The fraction of sp³-hybridized carbons (Fsp3) is 0.400. The number of carbonyl (C=O) groups excluding carboxylic acids is 1. The van der Waals surface area contributed by atoms with Crippen LogP contribution in [0.2, 0.25) is 0 Å². The fourth-order valence-corrected chi connectivity index (χ4v) is 4.94. The van der Waals surface area contributed by atoms with Crippen molar-refractivity contribution in [1.29, 1.82) is 0 Å². The van der Waals surface area contributed by atoms with Crippen LogP contribution in [0.1, 0.15) is 54.1 Å². The third-order valence-corrected chi connectivity index (χ3v) is 7.38. The first-order chi connectivity index (χ1) is 17.3. The Morgan fingerprint density at radius 1 is 1.19 bits per heavy atom. The fourth-order valence-electron chi connectivity index (χ4n) is 4.47. The maximum Gasteiger partial charge on any atom is 0.326 e. The summed E-state index contributed by atoms with van der Waals surface area (Å²) in [6, 6.07) is 12.6. The average Bonchev–Trinajstić information content (AvgIpc) is 2.86. The minimum absolute atomic E-state index is 0.372. The number of nitrogens with one attached hydrogen (secondary N) is 1. The number of hydrogen-bond acceptors (Lipinski definition) is 4. The first-order valence-electron chi connectivity index (χ1n) is 12.4. The second-order valence-corrected chi connectivity index (χ2v) is 10.5. The summed E-state index contributed by atoms with van der Waals surface area (Å²) in [7, 11) is 0. The largest absolute Gasteiger partial charge is 0.480 e. The van der Waals surface area contributed by atoms with Crippen LogP contribution in [0.5, 0.6) is 0 Å². The molecule has 0 radical (unpaired) electrons. The molecule has 5 nitrogen and oxygen atoms in total. The van der Waals surface area contributed by atoms with E-state index in [4.69, 9.17) is 4.74 Å². The van der Waals surface area contributed by atoms with Gasteiger partial charge in [-0.05, 0) is 97.4 Å². The Balaban J connectivity index is 1.77. The topological polar surface area (TPSA) is 75.6 Å². The van der Waals surface area contributed by atoms with Crippen molar-refractivity contribution in [3.8, 4) is 11.1 Å². The lowest BCUT2D eigenvalue weighted by Crippen LogP contribution is -2.41. The van der Waals surface area contributed by atoms with E-state index < -0.39 is 12.0 Å². The number of aliphatic carboxylic acids is 1. The van der Waals surface area contributed by atoms with E-state index in [0.717, 1.165) is 41.5 Å². The number of allylic oxidation sites excluding steroid dienone is 2. The number of hydrogen-bond donors (Lipinski definition) is 2. The van der Waals surface area contributed by atoms with Crippen molar-refractivity contribution in [3.63, 3.8) is 0 Å². The third-order valence-electron chi connectivity index (χ3n) is 6.74. The summed E-state index contributed by atoms with van der Waals surface area (Å²) in [5.74, 6) is -0.173. The van der Waals surface area contributed by atoms with E-state index in [1.807, 2.05) is 49.6 Å². The van der Waals surface area contributed by atoms with Crippen LogP contribution in [-0.2, 0) is 16.1 Å². The lowest BCUT2D eigenvalue weighted by atomic mass is 9.86. The highest BCUT2D eigenvalue weighted by Crippen LogP contribution is 2.30. The van der Waals surface area contributed by atoms with Crippen molar-refractivity contribution in [2.75, 3.05) is 18.6 Å². The standard InChI is InChI=1S/C30H37NO4S/c1-20(2)24-12-9-22(10-13-24)18-35-19-23-11-14-26(27(17-23)25-8-6-5-7-21(25)3)29(32)31-28(30(33)34)15-16-36-4/h5-9,11,14,17,24,28H,1,10,12-13,15-16,18-19H2,2-4H3,(H,31,32)(H,33,34)/t24-,28-/m0/s1. The molecule has 2 aromatic carbocycles. The van der Waals surface area contributed by atoms with Crippen LogP contribution in [0.25, 0.3) is 11.1 Å². The lowest BCUT2D eigenvalue weighted by molar-refractivity contribution is -0.139. The van der Waals surface area contributed by atoms with Gasteiger partial charge in [0.25, 0.3) is 5.91 Å². The lowest BCUT2D eigenvalue weighted by Gasteiger charge is -2.22. The molecule has 1 aliphatic rings. The van der Waals surface area contributed by atoms with Gasteiger partial charge in [-0.3, -0.25) is 4.79 Å². The first-order valence-corrected chi connectivity index (χ1v) is 13.8. The SMILES string of the molecule is C=C(C)[C@H]1CC=C(COCc2ccc(C(=O)N[C@@H](CCSC)C(=O)O)c(-c3ccccc3C)c2)CC1. The van der Waals surface area contributed by atoms with Gasteiger partial charge in [0, 0.05) is 5.56 Å². The molecule has 1 amide bonds. The van der Waals surface area contributed by atoms with Crippen molar-refractivity contribution in [2.45, 2.75) is 52.2 Å². The molecular formula is C30H37NO4S. The summed E-state index contributed by atoms with van der Waals surface area (Å²) in [5.41, 5.74) is 6.78. The summed E-state index contributed by atoms with van der Waals surface area (Å²) in [5, 5.41) is 12.3. The number of thioether (sulfide) groups is 1. The highest BCUT2D eigenvalue weighted by atomic mass is 32.2. The highest BCUT2D eigenvalue weighted by molar-refractivity contribution is 7.98. The molecule has 0 unspecified atom stereocenters. The van der Waals surface area contributed by atoms with Crippen molar-refractivity contribution in [1.82, 2.24) is 5.32 Å². The summed E-state index contributed by atoms with van der Waals surface area (Å²) in [4.78, 5) is 24.9. The Bertz CT molecular complexity index is 1120. The number of benzene rings is 2. The van der Waals surface area contributed by atoms with E-state index in [9.17, 15) is 14.7 Å². The molecule has 0 fully saturated rings. The van der Waals surface area contributed by atoms with Crippen molar-refractivity contribution in [3.05, 3.63) is 83.0 Å². The zero-order valence-corrected chi connectivity index (χ0v) is 22.3. The Morgan fingerprint density at radius 2 is 1.97 bits per heavy atom. The molecule has 6 heteroatoms. The van der Waals surface area contributed by atoms with Crippen LogP contribution in [0.3, 0.4) is 0 Å². The third kappa shape index (κ3) is 7.58. The number of carboxylic acid groups (broad SMARTS) is 1. The van der Waals surface area contributed by atoms with Gasteiger partial charge >= 0.3 is 5.97 Å². The molecule has 0 aliphatic heterocycles. The van der Waals surface area contributed by atoms with E-state index in [1.165, 1.54) is 11.1 Å². The first kappa shape index (κ1) is 27.8. The molecule has 2 N–H and O–H groups in total. The van der Waals surface area contributed by atoms with Gasteiger partial charge in [-0.25, -0.2) is 4.79 Å². The Morgan fingerprint density at radius 3 is 2.61 bits per heavy atom. The molecule has 3 rings (SSSR count). The van der Waals surface area contributed by atoms with Gasteiger partial charge in [-0.2, -0.15) is 11.8 Å². The van der Waals surface area contributed by atoms with Gasteiger partial charge in [0.2, 0.25) is 0 Å². The van der Waals surface area contributed by atoms with Gasteiger partial charge in [0.15, 0.2) is 0 Å². The Hall–Kier alpha value is -2.83. The molecule has 0 saturated carbocycles. The van der Waals surface area contributed by atoms with Crippen molar-refractivity contribution >= 4 is 23.6 Å². The molecule has 2 aromatic rings. The number of ether oxygens (including phenoxy) is 1. The van der Waals surface area contributed by atoms with E-state index in [-0.39, 0.29) is 5.91 Å². The predicted octanol–water partition coefficient (Wildman–Crippen LogP) is 6.42. The minimum Gasteiger partial charge on any atom is -0.480 e. The number of amides is 1. The quantitative estimate of drug-likeness (QED) is 0.324. The number of aryl methyl sites for hydroxylation is 1. The zero-order chi connectivity index (χ0) is 26.1. The predicted molar refractivity (Wildman–Crippen MR) is 148 cm³/mol. The number of carboxylic acids is 1. The second-order valence-electron chi connectivity index (χ2n) is 9.51. The van der Waals surface area contributed by atoms with Gasteiger partial charge in [0.1, 0.15) is 6.04 Å². The van der Waals surface area contributed by atoms with Gasteiger partial charge in [-0.15, -0.1) is 0 Å². The van der Waals surface area contributed by atoms with Gasteiger partial charge in [0.05, 0.1) is 13.2 Å². The van der Waals surface area contributed by atoms with E-state index in [1.54, 1.807) is 17.8 Å². The Labute approximate surface area is 219 Å². The van der Waals surface area contributed by atoms with E-state index in [2.05, 4.69) is 24.9 Å².